The lowest BCUT2D eigenvalue weighted by molar-refractivity contribution is -0.136. The molecule has 0 spiro atoms. The number of nitrogens with zero attached hydrogens (tertiary/aromatic N) is 2. The predicted molar refractivity (Wildman–Crippen MR) is 143 cm³/mol. The molecule has 0 aliphatic carbocycles. The molecule has 1 aliphatic rings. The van der Waals surface area contributed by atoms with Crippen LogP contribution in [0.1, 0.15) is 50.1 Å². The zero-order valence-electron chi connectivity index (χ0n) is 21.6. The number of likely N-dealkylation sites (N-methyl/N-ethyl adjacent to an activating group) is 1. The van der Waals surface area contributed by atoms with Gasteiger partial charge in [-0.1, -0.05) is 29.8 Å². The summed E-state index contributed by atoms with van der Waals surface area (Å²) in [6, 6.07) is 10.7. The van der Waals surface area contributed by atoms with Gasteiger partial charge in [0, 0.05) is 30.7 Å². The third-order valence-electron chi connectivity index (χ3n) is 5.87. The molecule has 0 bridgehead atoms. The van der Waals surface area contributed by atoms with E-state index in [-0.39, 0.29) is 6.42 Å². The minimum Gasteiger partial charge on any atom is -0.481 e. The quantitative estimate of drug-likeness (QED) is 0.486. The molecule has 0 fully saturated rings. The van der Waals surface area contributed by atoms with Crippen LogP contribution in [0.25, 0.3) is 22.0 Å². The largest absolute Gasteiger partial charge is 0.481 e. The SMILES string of the molecule is C#C.CC(C)(C)O.CCN1CCn2c(C)cc3c(-c4ccc(C)cc4)c(CC(=O)O)c(C)c1c32. The highest BCUT2D eigenvalue weighted by molar-refractivity contribution is 6.07. The molecule has 0 amide bonds. The maximum absolute atomic E-state index is 11.7. The number of aliphatic hydroxyl groups is 1. The summed E-state index contributed by atoms with van der Waals surface area (Å²) >= 11 is 0. The maximum atomic E-state index is 11.7. The van der Waals surface area contributed by atoms with E-state index in [1.807, 2.05) is 0 Å². The summed E-state index contributed by atoms with van der Waals surface area (Å²) in [6.07, 6.45) is 8.04. The molecule has 182 valence electrons. The third-order valence-corrected chi connectivity index (χ3v) is 5.87. The number of carboxylic acid groups (broad SMARTS) is 1. The van der Waals surface area contributed by atoms with Crippen LogP contribution in [0.3, 0.4) is 0 Å². The number of aliphatic carboxylic acids is 1. The van der Waals surface area contributed by atoms with Crippen LogP contribution in [0.15, 0.2) is 30.3 Å². The van der Waals surface area contributed by atoms with Gasteiger partial charge >= 0.3 is 5.97 Å². The molecule has 0 saturated carbocycles. The molecular formula is C29H38N2O3. The summed E-state index contributed by atoms with van der Waals surface area (Å²) < 4.78 is 2.39. The van der Waals surface area contributed by atoms with E-state index in [1.54, 1.807) is 20.8 Å². The Morgan fingerprint density at radius 2 is 1.62 bits per heavy atom. The van der Waals surface area contributed by atoms with Crippen LogP contribution in [0, 0.1) is 33.6 Å². The van der Waals surface area contributed by atoms with Gasteiger partial charge in [-0.2, -0.15) is 0 Å². The van der Waals surface area contributed by atoms with E-state index < -0.39 is 11.6 Å². The topological polar surface area (TPSA) is 65.7 Å². The van der Waals surface area contributed by atoms with E-state index in [0.29, 0.717) is 0 Å². The van der Waals surface area contributed by atoms with Crippen molar-refractivity contribution in [3.8, 4) is 24.0 Å². The Morgan fingerprint density at radius 3 is 2.12 bits per heavy atom. The van der Waals surface area contributed by atoms with Gasteiger partial charge in [0.15, 0.2) is 0 Å². The number of rotatable bonds is 4. The molecule has 0 unspecified atom stereocenters. The van der Waals surface area contributed by atoms with Crippen molar-refractivity contribution in [2.24, 2.45) is 0 Å². The Morgan fingerprint density at radius 1 is 1.06 bits per heavy atom. The standard InChI is InChI=1S/C23H26N2O2.C4H10O.C2H2/c1-5-24-10-11-25-15(3)12-19-21(17-8-6-14(2)7-9-17)18(13-20(26)27)16(4)22(24)23(19)25;1-4(2,3)5;1-2/h6-9,12H,5,10-11,13H2,1-4H3,(H,26,27);5H,1-3H3;1-2H. The molecule has 2 N–H and O–H groups in total. The Kier molecular flexibility index (Phi) is 8.58. The average Bonchev–Trinajstić information content (AvgIpc) is 3.09. The molecule has 0 saturated heterocycles. The van der Waals surface area contributed by atoms with Crippen molar-refractivity contribution in [1.82, 2.24) is 4.57 Å². The van der Waals surface area contributed by atoms with Crippen LogP contribution < -0.4 is 4.90 Å². The monoisotopic (exact) mass is 462 g/mol. The fourth-order valence-corrected chi connectivity index (χ4v) is 4.54. The van der Waals surface area contributed by atoms with Gasteiger partial charge in [-0.25, -0.2) is 0 Å². The van der Waals surface area contributed by atoms with Gasteiger partial charge in [0.1, 0.15) is 0 Å². The molecule has 2 aromatic carbocycles. The Labute approximate surface area is 204 Å². The highest BCUT2D eigenvalue weighted by Gasteiger charge is 2.28. The highest BCUT2D eigenvalue weighted by Crippen LogP contribution is 2.44. The van der Waals surface area contributed by atoms with E-state index >= 15 is 0 Å². The summed E-state index contributed by atoms with van der Waals surface area (Å²) in [5.74, 6) is -0.784. The second kappa shape index (κ2) is 10.8. The van der Waals surface area contributed by atoms with Crippen LogP contribution >= 0.6 is 0 Å². The average molecular weight is 463 g/mol. The number of anilines is 1. The molecule has 34 heavy (non-hydrogen) atoms. The van der Waals surface area contributed by atoms with Crippen molar-refractivity contribution < 1.29 is 15.0 Å². The summed E-state index contributed by atoms with van der Waals surface area (Å²) in [5, 5.41) is 19.3. The number of carbonyl (C=O) groups is 1. The van der Waals surface area contributed by atoms with E-state index in [1.165, 1.54) is 27.8 Å². The molecule has 3 aromatic rings. The van der Waals surface area contributed by atoms with Crippen LogP contribution in [-0.4, -0.2) is 39.4 Å². The first-order chi connectivity index (χ1) is 15.9. The van der Waals surface area contributed by atoms with E-state index in [0.717, 1.165) is 41.9 Å². The van der Waals surface area contributed by atoms with Gasteiger partial charge in [-0.3, -0.25) is 4.79 Å². The number of hydrogen-bond acceptors (Lipinski definition) is 3. The fraction of sp³-hybridized carbons (Fsp3) is 0.414. The first-order valence-electron chi connectivity index (χ1n) is 11.7. The number of terminal acetylenes is 1. The molecule has 0 radical (unpaired) electrons. The summed E-state index contributed by atoms with van der Waals surface area (Å²) in [4.78, 5) is 14.1. The summed E-state index contributed by atoms with van der Waals surface area (Å²) in [5.41, 5.74) is 8.61. The van der Waals surface area contributed by atoms with E-state index in [4.69, 9.17) is 5.11 Å². The summed E-state index contributed by atoms with van der Waals surface area (Å²) in [6.45, 7) is 16.6. The van der Waals surface area contributed by atoms with Gasteiger partial charge < -0.3 is 19.7 Å². The smallest absolute Gasteiger partial charge is 0.307 e. The van der Waals surface area contributed by atoms with Gasteiger partial charge in [0.25, 0.3) is 0 Å². The zero-order chi connectivity index (χ0) is 25.8. The fourth-order valence-electron chi connectivity index (χ4n) is 4.54. The van der Waals surface area contributed by atoms with Gasteiger partial charge in [0.2, 0.25) is 0 Å². The van der Waals surface area contributed by atoms with Crippen LogP contribution in [0.5, 0.6) is 0 Å². The van der Waals surface area contributed by atoms with Crippen molar-refractivity contribution in [2.45, 2.75) is 67.0 Å². The van der Waals surface area contributed by atoms with Crippen LogP contribution in [0.2, 0.25) is 0 Å². The molecule has 2 heterocycles. The lowest BCUT2D eigenvalue weighted by Crippen LogP contribution is -2.32. The molecule has 1 aromatic heterocycles. The molecule has 5 heteroatoms. The maximum Gasteiger partial charge on any atom is 0.307 e. The minimum absolute atomic E-state index is 0.0414. The number of aryl methyl sites for hydroxylation is 2. The molecule has 0 atom stereocenters. The van der Waals surface area contributed by atoms with Gasteiger partial charge in [0.05, 0.1) is 23.2 Å². The molecule has 1 aliphatic heterocycles. The first kappa shape index (κ1) is 27.0. The van der Waals surface area contributed by atoms with Gasteiger partial charge in [-0.15, -0.1) is 12.8 Å². The number of aromatic nitrogens is 1. The lowest BCUT2D eigenvalue weighted by Gasteiger charge is -2.33. The van der Waals surface area contributed by atoms with Crippen molar-refractivity contribution in [2.75, 3.05) is 18.0 Å². The Hall–Kier alpha value is -3.23. The number of benzene rings is 2. The third kappa shape index (κ3) is 5.81. The Bertz CT molecular complexity index is 1170. The van der Waals surface area contributed by atoms with Crippen molar-refractivity contribution in [1.29, 1.82) is 0 Å². The predicted octanol–water partition coefficient (Wildman–Crippen LogP) is 5.73. The van der Waals surface area contributed by atoms with Crippen LogP contribution in [-0.2, 0) is 17.8 Å². The van der Waals surface area contributed by atoms with E-state index in [9.17, 15) is 9.90 Å². The lowest BCUT2D eigenvalue weighted by atomic mass is 9.88. The normalized spacial score (nSPS) is 12.5. The van der Waals surface area contributed by atoms with E-state index in [2.05, 4.69) is 80.3 Å². The zero-order valence-corrected chi connectivity index (χ0v) is 21.6. The van der Waals surface area contributed by atoms with Crippen LogP contribution in [0.4, 0.5) is 5.69 Å². The molecule has 5 nitrogen and oxygen atoms in total. The second-order valence-electron chi connectivity index (χ2n) is 9.71. The highest BCUT2D eigenvalue weighted by atomic mass is 16.4. The van der Waals surface area contributed by atoms with Gasteiger partial charge in [-0.05, 0) is 76.8 Å². The second-order valence-corrected chi connectivity index (χ2v) is 9.71. The first-order valence-corrected chi connectivity index (χ1v) is 11.7. The molecule has 4 rings (SSSR count). The Balaban J connectivity index is 0.000000520. The van der Waals surface area contributed by atoms with Crippen molar-refractivity contribution in [3.05, 3.63) is 52.7 Å². The summed E-state index contributed by atoms with van der Waals surface area (Å²) in [7, 11) is 0. The van der Waals surface area contributed by atoms with Crippen molar-refractivity contribution >= 4 is 22.6 Å². The van der Waals surface area contributed by atoms with Crippen molar-refractivity contribution in [3.63, 3.8) is 0 Å². The number of carboxylic acids is 1. The molecular weight excluding hydrogens is 424 g/mol. The minimum atomic E-state index is -0.784. The number of hydrogen-bond donors (Lipinski definition) is 2.